The number of hydrogen-bond donors (Lipinski definition) is 0. The predicted octanol–water partition coefficient (Wildman–Crippen LogP) is 2.61. The molecule has 0 N–H and O–H groups in total. The van der Waals surface area contributed by atoms with Gasteiger partial charge in [-0.2, -0.15) is 0 Å². The van der Waals surface area contributed by atoms with Crippen molar-refractivity contribution in [2.24, 2.45) is 10.8 Å². The van der Waals surface area contributed by atoms with Crippen LogP contribution in [0.3, 0.4) is 0 Å². The van der Waals surface area contributed by atoms with E-state index < -0.39 is 0 Å². The third kappa shape index (κ3) is 3.29. The molecule has 0 rings (SSSR count). The summed E-state index contributed by atoms with van der Waals surface area (Å²) in [5, 5.41) is 0. The highest BCUT2D eigenvalue weighted by atomic mass is 16.1. The first-order valence-electron chi connectivity index (χ1n) is 4.88. The minimum absolute atomic E-state index is 0.342. The Morgan fingerprint density at radius 3 is 1.38 bits per heavy atom. The van der Waals surface area contributed by atoms with Crippen LogP contribution in [0.5, 0.6) is 0 Å². The van der Waals surface area contributed by atoms with Crippen molar-refractivity contribution < 1.29 is 9.59 Å². The van der Waals surface area contributed by atoms with Crippen molar-refractivity contribution in [1.82, 2.24) is 0 Å². The van der Waals surface area contributed by atoms with Crippen LogP contribution in [0.1, 0.15) is 47.0 Å². The zero-order valence-electron chi connectivity index (χ0n) is 9.09. The zero-order valence-corrected chi connectivity index (χ0v) is 9.09. The Bertz CT molecular complexity index is 169. The van der Waals surface area contributed by atoms with Crippen LogP contribution in [0.15, 0.2) is 0 Å². The Kier molecular flexibility index (Phi) is 4.31. The highest BCUT2D eigenvalue weighted by Crippen LogP contribution is 2.35. The molecule has 0 radical (unpaired) electrons. The lowest BCUT2D eigenvalue weighted by atomic mass is 9.72. The third-order valence-corrected chi connectivity index (χ3v) is 2.99. The quantitative estimate of drug-likeness (QED) is 0.595. The molecular formula is C11H20O2. The molecule has 13 heavy (non-hydrogen) atoms. The third-order valence-electron chi connectivity index (χ3n) is 2.99. The Labute approximate surface area is 80.7 Å². The molecule has 0 aromatic heterocycles. The summed E-state index contributed by atoms with van der Waals surface area (Å²) in [6.45, 7) is 7.79. The predicted molar refractivity (Wildman–Crippen MR) is 53.5 cm³/mol. The van der Waals surface area contributed by atoms with Crippen LogP contribution in [0.25, 0.3) is 0 Å². The van der Waals surface area contributed by atoms with Gasteiger partial charge in [-0.1, -0.05) is 27.7 Å². The molecule has 2 unspecified atom stereocenters. The molecule has 0 fully saturated rings. The van der Waals surface area contributed by atoms with E-state index >= 15 is 0 Å². The normalized spacial score (nSPS) is 20.0. The van der Waals surface area contributed by atoms with Crippen molar-refractivity contribution in [2.45, 2.75) is 47.0 Å². The minimum atomic E-state index is -0.342. The average Bonchev–Trinajstić information content (AvgIpc) is 2.17. The van der Waals surface area contributed by atoms with E-state index in [9.17, 15) is 9.59 Å². The highest BCUT2D eigenvalue weighted by Gasteiger charge is 2.32. The van der Waals surface area contributed by atoms with E-state index in [4.69, 9.17) is 0 Å². The molecule has 0 aromatic rings. The number of hydrogen-bond acceptors (Lipinski definition) is 2. The standard InChI is InChI=1S/C11H20O2/c1-5-10(3,8-12)7-11(4,6-2)9-13/h8-9H,5-7H2,1-4H3. The smallest absolute Gasteiger partial charge is 0.125 e. The molecule has 2 nitrogen and oxygen atoms in total. The van der Waals surface area contributed by atoms with Gasteiger partial charge in [0, 0.05) is 10.8 Å². The summed E-state index contributed by atoms with van der Waals surface area (Å²) in [4.78, 5) is 21.7. The second-order valence-electron chi connectivity index (χ2n) is 4.43. The first kappa shape index (κ1) is 12.3. The first-order valence-corrected chi connectivity index (χ1v) is 4.88. The fourth-order valence-electron chi connectivity index (χ4n) is 1.42. The summed E-state index contributed by atoms with van der Waals surface area (Å²) in [7, 11) is 0. The summed E-state index contributed by atoms with van der Waals surface area (Å²) in [5.41, 5.74) is -0.683. The molecule has 0 aliphatic rings. The summed E-state index contributed by atoms with van der Waals surface area (Å²) in [6, 6.07) is 0. The van der Waals surface area contributed by atoms with Crippen LogP contribution in [-0.4, -0.2) is 12.6 Å². The van der Waals surface area contributed by atoms with Gasteiger partial charge in [-0.25, -0.2) is 0 Å². The van der Waals surface area contributed by atoms with E-state index in [1.165, 1.54) is 0 Å². The van der Waals surface area contributed by atoms with Crippen LogP contribution in [0.4, 0.5) is 0 Å². The van der Waals surface area contributed by atoms with Crippen LogP contribution in [-0.2, 0) is 9.59 Å². The average molecular weight is 184 g/mol. The molecule has 0 amide bonds. The Morgan fingerprint density at radius 2 is 1.23 bits per heavy atom. The summed E-state index contributed by atoms with van der Waals surface area (Å²) < 4.78 is 0. The Balaban J connectivity index is 4.54. The van der Waals surface area contributed by atoms with Gasteiger partial charge in [0.05, 0.1) is 0 Å². The maximum atomic E-state index is 10.9. The number of carbonyl (C=O) groups is 2. The lowest BCUT2D eigenvalue weighted by molar-refractivity contribution is -0.121. The minimum Gasteiger partial charge on any atom is -0.303 e. The van der Waals surface area contributed by atoms with Crippen LogP contribution >= 0.6 is 0 Å². The van der Waals surface area contributed by atoms with Gasteiger partial charge in [0.2, 0.25) is 0 Å². The second-order valence-corrected chi connectivity index (χ2v) is 4.43. The van der Waals surface area contributed by atoms with E-state index in [1.807, 2.05) is 27.7 Å². The van der Waals surface area contributed by atoms with Gasteiger partial charge in [-0.15, -0.1) is 0 Å². The summed E-state index contributed by atoms with van der Waals surface area (Å²) in [6.07, 6.45) is 4.19. The molecule has 0 spiro atoms. The molecule has 0 saturated carbocycles. The monoisotopic (exact) mass is 184 g/mol. The molecule has 0 saturated heterocycles. The fraction of sp³-hybridized carbons (Fsp3) is 0.818. The van der Waals surface area contributed by atoms with Gasteiger partial charge >= 0.3 is 0 Å². The van der Waals surface area contributed by atoms with Gasteiger partial charge in [0.1, 0.15) is 12.6 Å². The molecular weight excluding hydrogens is 164 g/mol. The molecule has 0 heterocycles. The van der Waals surface area contributed by atoms with Gasteiger partial charge in [-0.05, 0) is 19.3 Å². The topological polar surface area (TPSA) is 34.1 Å². The van der Waals surface area contributed by atoms with Crippen molar-refractivity contribution >= 4 is 12.6 Å². The molecule has 2 atom stereocenters. The Hall–Kier alpha value is -0.660. The number of rotatable bonds is 6. The van der Waals surface area contributed by atoms with E-state index in [1.54, 1.807) is 0 Å². The maximum Gasteiger partial charge on any atom is 0.125 e. The lowest BCUT2D eigenvalue weighted by Crippen LogP contribution is -2.29. The maximum absolute atomic E-state index is 10.9. The van der Waals surface area contributed by atoms with E-state index in [2.05, 4.69) is 0 Å². The molecule has 76 valence electrons. The number of carbonyl (C=O) groups excluding carboxylic acids is 2. The van der Waals surface area contributed by atoms with Crippen LogP contribution in [0.2, 0.25) is 0 Å². The van der Waals surface area contributed by atoms with Crippen molar-refractivity contribution in [2.75, 3.05) is 0 Å². The van der Waals surface area contributed by atoms with Gasteiger partial charge < -0.3 is 9.59 Å². The fourth-order valence-corrected chi connectivity index (χ4v) is 1.42. The second kappa shape index (κ2) is 4.54. The zero-order chi connectivity index (χ0) is 10.5. The summed E-state index contributed by atoms with van der Waals surface area (Å²) >= 11 is 0. The lowest BCUT2D eigenvalue weighted by Gasteiger charge is -2.31. The van der Waals surface area contributed by atoms with Crippen LogP contribution in [0, 0.1) is 10.8 Å². The van der Waals surface area contributed by atoms with Gasteiger partial charge in [0.15, 0.2) is 0 Å². The van der Waals surface area contributed by atoms with E-state index in [0.717, 1.165) is 25.4 Å². The first-order chi connectivity index (χ1) is 5.95. The SMILES string of the molecule is CCC(C)(C=O)CC(C)(C=O)CC. The Morgan fingerprint density at radius 1 is 0.923 bits per heavy atom. The van der Waals surface area contributed by atoms with Gasteiger partial charge in [-0.3, -0.25) is 0 Å². The molecule has 0 aromatic carbocycles. The summed E-state index contributed by atoms with van der Waals surface area (Å²) in [5.74, 6) is 0. The number of aldehydes is 2. The molecule has 0 aliphatic heterocycles. The van der Waals surface area contributed by atoms with Crippen molar-refractivity contribution in [3.05, 3.63) is 0 Å². The van der Waals surface area contributed by atoms with E-state index in [0.29, 0.717) is 6.42 Å². The van der Waals surface area contributed by atoms with Gasteiger partial charge in [0.25, 0.3) is 0 Å². The largest absolute Gasteiger partial charge is 0.303 e. The van der Waals surface area contributed by atoms with Crippen molar-refractivity contribution in [1.29, 1.82) is 0 Å². The van der Waals surface area contributed by atoms with Crippen LogP contribution < -0.4 is 0 Å². The van der Waals surface area contributed by atoms with Crippen molar-refractivity contribution in [3.63, 3.8) is 0 Å². The molecule has 2 heteroatoms. The highest BCUT2D eigenvalue weighted by molar-refractivity contribution is 5.63. The van der Waals surface area contributed by atoms with E-state index in [-0.39, 0.29) is 10.8 Å². The molecule has 0 aliphatic carbocycles. The molecule has 0 bridgehead atoms. The van der Waals surface area contributed by atoms with Crippen molar-refractivity contribution in [3.8, 4) is 0 Å².